The lowest BCUT2D eigenvalue weighted by Gasteiger charge is -1.93. The Labute approximate surface area is 90.6 Å². The molecule has 4 heteroatoms. The van der Waals surface area contributed by atoms with Crippen LogP contribution in [0.2, 0.25) is 0 Å². The van der Waals surface area contributed by atoms with Crippen molar-refractivity contribution in [3.8, 4) is 0 Å². The number of hydrogen-bond donors (Lipinski definition) is 0. The number of aryl methyl sites for hydroxylation is 1. The summed E-state index contributed by atoms with van der Waals surface area (Å²) in [6.07, 6.45) is 6.17. The molecule has 0 aliphatic heterocycles. The molecule has 0 saturated heterocycles. The van der Waals surface area contributed by atoms with Crippen LogP contribution in [0.5, 0.6) is 0 Å². The van der Waals surface area contributed by atoms with Crippen LogP contribution >= 0.6 is 0 Å². The average Bonchev–Trinajstić information content (AvgIpc) is 2.58. The van der Waals surface area contributed by atoms with Gasteiger partial charge in [0, 0.05) is 6.54 Å². The molecule has 4 nitrogen and oxygen atoms in total. The molecule has 1 heterocycles. The van der Waals surface area contributed by atoms with E-state index in [1.807, 2.05) is 19.9 Å². The molecule has 0 fully saturated rings. The molecular formula is C11H20N2O2. The Hall–Kier alpha value is -1.32. The van der Waals surface area contributed by atoms with Crippen molar-refractivity contribution in [3.63, 3.8) is 0 Å². The average molecular weight is 212 g/mol. The van der Waals surface area contributed by atoms with E-state index in [0.29, 0.717) is 12.4 Å². The predicted octanol–water partition coefficient (Wildman–Crippen LogP) is 2.53. The van der Waals surface area contributed by atoms with Crippen LogP contribution in [-0.4, -0.2) is 9.72 Å². The van der Waals surface area contributed by atoms with E-state index in [-0.39, 0.29) is 0 Å². The Morgan fingerprint density at radius 2 is 2.07 bits per heavy atom. The molecule has 0 amide bonds. The molecule has 1 aromatic heterocycles. The first kappa shape index (κ1) is 13.7. The van der Waals surface area contributed by atoms with Gasteiger partial charge in [0.25, 0.3) is 0 Å². The van der Waals surface area contributed by atoms with Gasteiger partial charge in [-0.1, -0.05) is 44.5 Å². The molecule has 0 unspecified atom stereocenters. The summed E-state index contributed by atoms with van der Waals surface area (Å²) in [6.45, 7) is 8.41. The van der Waals surface area contributed by atoms with E-state index >= 15 is 0 Å². The Morgan fingerprint density at radius 3 is 2.53 bits per heavy atom. The van der Waals surface area contributed by atoms with E-state index < -0.39 is 5.76 Å². The van der Waals surface area contributed by atoms with Gasteiger partial charge in [-0.25, -0.2) is 4.79 Å². The Bertz CT molecular complexity index is 337. The van der Waals surface area contributed by atoms with Gasteiger partial charge in [-0.15, -0.1) is 0 Å². The summed E-state index contributed by atoms with van der Waals surface area (Å²) in [5, 5.41) is 3.56. The molecule has 0 N–H and O–H groups in total. The summed E-state index contributed by atoms with van der Waals surface area (Å²) >= 11 is 0. The monoisotopic (exact) mass is 212 g/mol. The van der Waals surface area contributed by atoms with E-state index in [9.17, 15) is 4.79 Å². The van der Waals surface area contributed by atoms with E-state index in [4.69, 9.17) is 0 Å². The molecule has 1 rings (SSSR count). The van der Waals surface area contributed by atoms with Crippen LogP contribution in [0.15, 0.2) is 21.5 Å². The molecule has 0 atom stereocenters. The summed E-state index contributed by atoms with van der Waals surface area (Å²) in [5.74, 6) is 0.227. The van der Waals surface area contributed by atoms with Crippen LogP contribution in [0.1, 0.15) is 39.4 Å². The highest BCUT2D eigenvalue weighted by atomic mass is 16.5. The standard InChI is InChI=1S/C9H14N2O2.C2H6/c1-3-4-5-6-7-11-8(2)10-13-9(11)12;1-2/h5-6H,3-4,7H2,1-2H3;1-2H3/b6-5-;. The van der Waals surface area contributed by atoms with Crippen LogP contribution in [0.25, 0.3) is 0 Å². The highest BCUT2D eigenvalue weighted by Crippen LogP contribution is 1.92. The van der Waals surface area contributed by atoms with Crippen LogP contribution in [0.4, 0.5) is 0 Å². The lowest BCUT2D eigenvalue weighted by molar-refractivity contribution is 0.376. The predicted molar refractivity (Wildman–Crippen MR) is 60.9 cm³/mol. The van der Waals surface area contributed by atoms with Crippen LogP contribution < -0.4 is 5.76 Å². The quantitative estimate of drug-likeness (QED) is 0.720. The third kappa shape index (κ3) is 4.63. The van der Waals surface area contributed by atoms with Gasteiger partial charge in [0.1, 0.15) is 0 Å². The molecule has 0 spiro atoms. The summed E-state index contributed by atoms with van der Waals surface area (Å²) in [5.41, 5.74) is 0. The summed E-state index contributed by atoms with van der Waals surface area (Å²) in [4.78, 5) is 11.0. The SMILES string of the molecule is CC.CCC/C=C\Cn1c(C)noc1=O. The Morgan fingerprint density at radius 1 is 1.40 bits per heavy atom. The maximum atomic E-state index is 11.0. The second kappa shape index (κ2) is 8.03. The van der Waals surface area contributed by atoms with Gasteiger partial charge in [-0.3, -0.25) is 9.09 Å². The fourth-order valence-corrected chi connectivity index (χ4v) is 1.01. The highest BCUT2D eigenvalue weighted by molar-refractivity contribution is 4.87. The number of nitrogens with zero attached hydrogens (tertiary/aromatic N) is 2. The first-order valence-corrected chi connectivity index (χ1v) is 5.43. The molecule has 1 aromatic rings. The summed E-state index contributed by atoms with van der Waals surface area (Å²) in [7, 11) is 0. The Kier molecular flexibility index (Phi) is 7.32. The highest BCUT2D eigenvalue weighted by Gasteiger charge is 2.02. The fraction of sp³-hybridized carbons (Fsp3) is 0.636. The lowest BCUT2D eigenvalue weighted by Crippen LogP contribution is -2.14. The van der Waals surface area contributed by atoms with Gasteiger partial charge in [-0.05, 0) is 13.3 Å². The number of aromatic nitrogens is 2. The number of rotatable bonds is 4. The zero-order valence-corrected chi connectivity index (χ0v) is 9.99. The zero-order valence-electron chi connectivity index (χ0n) is 9.99. The van der Waals surface area contributed by atoms with Crippen molar-refractivity contribution in [1.82, 2.24) is 9.72 Å². The van der Waals surface area contributed by atoms with E-state index in [1.54, 1.807) is 6.92 Å². The third-order valence-corrected chi connectivity index (χ3v) is 1.78. The second-order valence-electron chi connectivity index (χ2n) is 2.87. The minimum atomic E-state index is -0.390. The molecule has 0 aliphatic rings. The van der Waals surface area contributed by atoms with Crippen molar-refractivity contribution in [2.75, 3.05) is 0 Å². The number of allylic oxidation sites excluding steroid dienone is 2. The molecule has 86 valence electrons. The first-order chi connectivity index (χ1) is 7.25. The van der Waals surface area contributed by atoms with E-state index in [2.05, 4.69) is 22.7 Å². The first-order valence-electron chi connectivity index (χ1n) is 5.43. The molecule has 0 aromatic carbocycles. The molecule has 0 saturated carbocycles. The normalized spacial score (nSPS) is 10.1. The smallest absolute Gasteiger partial charge is 0.296 e. The fourth-order valence-electron chi connectivity index (χ4n) is 1.01. The number of unbranched alkanes of at least 4 members (excludes halogenated alkanes) is 1. The molecular weight excluding hydrogens is 192 g/mol. The maximum Gasteiger partial charge on any atom is 0.441 e. The number of hydrogen-bond acceptors (Lipinski definition) is 3. The van der Waals surface area contributed by atoms with Crippen molar-refractivity contribution >= 4 is 0 Å². The van der Waals surface area contributed by atoms with Crippen LogP contribution in [0, 0.1) is 6.92 Å². The molecule has 0 radical (unpaired) electrons. The van der Waals surface area contributed by atoms with E-state index in [0.717, 1.165) is 12.8 Å². The molecule has 0 aliphatic carbocycles. The topological polar surface area (TPSA) is 48.0 Å². The largest absolute Gasteiger partial charge is 0.441 e. The van der Waals surface area contributed by atoms with Gasteiger partial charge in [0.2, 0.25) is 0 Å². The molecule has 15 heavy (non-hydrogen) atoms. The van der Waals surface area contributed by atoms with Gasteiger partial charge in [-0.2, -0.15) is 0 Å². The van der Waals surface area contributed by atoms with Gasteiger partial charge >= 0.3 is 5.76 Å². The minimum absolute atomic E-state index is 0.390. The lowest BCUT2D eigenvalue weighted by atomic mass is 10.3. The van der Waals surface area contributed by atoms with Gasteiger partial charge in [0.05, 0.1) is 0 Å². The van der Waals surface area contributed by atoms with Crippen LogP contribution in [0.3, 0.4) is 0 Å². The van der Waals surface area contributed by atoms with Crippen molar-refractivity contribution in [2.45, 2.75) is 47.1 Å². The minimum Gasteiger partial charge on any atom is -0.296 e. The molecule has 0 bridgehead atoms. The van der Waals surface area contributed by atoms with Gasteiger partial charge in [0.15, 0.2) is 5.82 Å². The van der Waals surface area contributed by atoms with Crippen LogP contribution in [-0.2, 0) is 6.54 Å². The zero-order chi connectivity index (χ0) is 11.7. The van der Waals surface area contributed by atoms with Crippen molar-refractivity contribution in [2.24, 2.45) is 0 Å². The van der Waals surface area contributed by atoms with Crippen molar-refractivity contribution in [1.29, 1.82) is 0 Å². The van der Waals surface area contributed by atoms with Gasteiger partial charge < -0.3 is 0 Å². The van der Waals surface area contributed by atoms with Crippen molar-refractivity contribution in [3.05, 3.63) is 28.5 Å². The van der Waals surface area contributed by atoms with E-state index in [1.165, 1.54) is 4.57 Å². The maximum absolute atomic E-state index is 11.0. The second-order valence-corrected chi connectivity index (χ2v) is 2.87. The summed E-state index contributed by atoms with van der Waals surface area (Å²) in [6, 6.07) is 0. The third-order valence-electron chi connectivity index (χ3n) is 1.78. The summed E-state index contributed by atoms with van der Waals surface area (Å²) < 4.78 is 5.97. The Balaban J connectivity index is 0.000000921. The van der Waals surface area contributed by atoms with Crippen molar-refractivity contribution < 1.29 is 4.52 Å².